The van der Waals surface area contributed by atoms with Crippen LogP contribution in [0.15, 0.2) is 36.5 Å². The number of pyridine rings is 1. The van der Waals surface area contributed by atoms with Crippen LogP contribution in [0.1, 0.15) is 16.1 Å². The topological polar surface area (TPSA) is 56.0 Å². The predicted molar refractivity (Wildman–Crippen MR) is 58.4 cm³/mol. The van der Waals surface area contributed by atoms with Crippen molar-refractivity contribution in [1.82, 2.24) is 4.98 Å². The summed E-state index contributed by atoms with van der Waals surface area (Å²) in [7, 11) is 0. The summed E-state index contributed by atoms with van der Waals surface area (Å²) in [6.45, 7) is 0. The van der Waals surface area contributed by atoms with E-state index >= 15 is 0 Å². The van der Waals surface area contributed by atoms with E-state index < -0.39 is 17.4 Å². The molecule has 0 saturated carbocycles. The van der Waals surface area contributed by atoms with E-state index in [0.29, 0.717) is 5.69 Å². The molecule has 0 fully saturated rings. The van der Waals surface area contributed by atoms with Crippen LogP contribution in [-0.4, -0.2) is 10.8 Å². The van der Waals surface area contributed by atoms with Crippen molar-refractivity contribution in [3.63, 3.8) is 0 Å². The minimum absolute atomic E-state index is 0.0173. The Balaban J connectivity index is 2.44. The van der Waals surface area contributed by atoms with Crippen molar-refractivity contribution in [2.45, 2.75) is 0 Å². The standard InChI is InChI=1S/C12H8F2N2O/c13-9-3-1-2-8(11(9)14)12(17)10-5-4-7(15)6-16-10/h1-6H,15H2. The Hall–Kier alpha value is -2.30. The van der Waals surface area contributed by atoms with Crippen LogP contribution in [0, 0.1) is 11.6 Å². The molecule has 17 heavy (non-hydrogen) atoms. The fourth-order valence-corrected chi connectivity index (χ4v) is 1.36. The van der Waals surface area contributed by atoms with Crippen LogP contribution in [0.25, 0.3) is 0 Å². The summed E-state index contributed by atoms with van der Waals surface area (Å²) in [5.41, 5.74) is 5.47. The van der Waals surface area contributed by atoms with E-state index in [-0.39, 0.29) is 11.3 Å². The lowest BCUT2D eigenvalue weighted by atomic mass is 10.1. The average molecular weight is 234 g/mol. The Bertz CT molecular complexity index is 567. The lowest BCUT2D eigenvalue weighted by Gasteiger charge is -2.02. The quantitative estimate of drug-likeness (QED) is 0.810. The van der Waals surface area contributed by atoms with Crippen molar-refractivity contribution < 1.29 is 13.6 Å². The van der Waals surface area contributed by atoms with Crippen LogP contribution < -0.4 is 5.73 Å². The van der Waals surface area contributed by atoms with Gasteiger partial charge in [0.25, 0.3) is 0 Å². The number of nitrogens with zero attached hydrogens (tertiary/aromatic N) is 1. The number of aromatic nitrogens is 1. The van der Waals surface area contributed by atoms with E-state index in [1.165, 1.54) is 30.5 Å². The van der Waals surface area contributed by atoms with Gasteiger partial charge in [0.2, 0.25) is 5.78 Å². The smallest absolute Gasteiger partial charge is 0.214 e. The molecule has 0 unspecified atom stereocenters. The summed E-state index contributed by atoms with van der Waals surface area (Å²) < 4.78 is 26.3. The number of hydrogen-bond donors (Lipinski definition) is 1. The van der Waals surface area contributed by atoms with Gasteiger partial charge in [-0.2, -0.15) is 0 Å². The molecule has 0 amide bonds. The van der Waals surface area contributed by atoms with E-state index in [9.17, 15) is 13.6 Å². The van der Waals surface area contributed by atoms with Crippen LogP contribution in [0.3, 0.4) is 0 Å². The van der Waals surface area contributed by atoms with Crippen molar-refractivity contribution in [3.05, 3.63) is 59.4 Å². The van der Waals surface area contributed by atoms with E-state index in [0.717, 1.165) is 6.07 Å². The van der Waals surface area contributed by atoms with Crippen molar-refractivity contribution in [1.29, 1.82) is 0 Å². The van der Waals surface area contributed by atoms with Crippen molar-refractivity contribution in [2.75, 3.05) is 5.73 Å². The zero-order valence-electron chi connectivity index (χ0n) is 8.65. The van der Waals surface area contributed by atoms with Crippen LogP contribution in [0.2, 0.25) is 0 Å². The van der Waals surface area contributed by atoms with E-state index in [1.54, 1.807) is 0 Å². The lowest BCUT2D eigenvalue weighted by Crippen LogP contribution is -2.07. The number of benzene rings is 1. The molecular weight excluding hydrogens is 226 g/mol. The molecular formula is C12H8F2N2O. The molecule has 2 rings (SSSR count). The molecule has 5 heteroatoms. The molecule has 1 aromatic carbocycles. The summed E-state index contributed by atoms with van der Waals surface area (Å²) in [6.07, 6.45) is 1.28. The van der Waals surface area contributed by atoms with Gasteiger partial charge in [-0.05, 0) is 24.3 Å². The number of rotatable bonds is 2. The highest BCUT2D eigenvalue weighted by atomic mass is 19.2. The molecule has 0 atom stereocenters. The van der Waals surface area contributed by atoms with Crippen molar-refractivity contribution >= 4 is 11.5 Å². The minimum Gasteiger partial charge on any atom is -0.397 e. The Labute approximate surface area is 95.9 Å². The molecule has 0 spiro atoms. The van der Waals surface area contributed by atoms with Gasteiger partial charge in [0, 0.05) is 0 Å². The largest absolute Gasteiger partial charge is 0.397 e. The Morgan fingerprint density at radius 1 is 1.18 bits per heavy atom. The number of carbonyl (C=O) groups is 1. The van der Waals surface area contributed by atoms with Crippen molar-refractivity contribution in [3.8, 4) is 0 Å². The van der Waals surface area contributed by atoms with Gasteiger partial charge in [0.1, 0.15) is 5.69 Å². The zero-order valence-corrected chi connectivity index (χ0v) is 8.65. The van der Waals surface area contributed by atoms with E-state index in [4.69, 9.17) is 5.73 Å². The number of carbonyl (C=O) groups excluding carboxylic acids is 1. The van der Waals surface area contributed by atoms with E-state index in [1.807, 2.05) is 0 Å². The molecule has 2 aromatic rings. The monoisotopic (exact) mass is 234 g/mol. The van der Waals surface area contributed by atoms with E-state index in [2.05, 4.69) is 4.98 Å². The predicted octanol–water partition coefficient (Wildman–Crippen LogP) is 2.17. The number of nitrogens with two attached hydrogens (primary N) is 1. The van der Waals surface area contributed by atoms with Crippen LogP contribution in [-0.2, 0) is 0 Å². The molecule has 1 heterocycles. The van der Waals surface area contributed by atoms with Gasteiger partial charge >= 0.3 is 0 Å². The van der Waals surface area contributed by atoms with Gasteiger partial charge in [-0.1, -0.05) is 6.07 Å². The average Bonchev–Trinajstić information content (AvgIpc) is 2.33. The van der Waals surface area contributed by atoms with Gasteiger partial charge in [0.05, 0.1) is 17.4 Å². The fraction of sp³-hybridized carbons (Fsp3) is 0. The Morgan fingerprint density at radius 3 is 2.59 bits per heavy atom. The van der Waals surface area contributed by atoms with Crippen LogP contribution in [0.4, 0.5) is 14.5 Å². The molecule has 3 nitrogen and oxygen atoms in total. The van der Waals surface area contributed by atoms with Crippen molar-refractivity contribution in [2.24, 2.45) is 0 Å². The summed E-state index contributed by atoms with van der Waals surface area (Å²) in [6, 6.07) is 6.25. The SMILES string of the molecule is Nc1ccc(C(=O)c2cccc(F)c2F)nc1. The van der Waals surface area contributed by atoms with Crippen LogP contribution >= 0.6 is 0 Å². The number of halogens is 2. The maximum Gasteiger partial charge on any atom is 0.214 e. The van der Waals surface area contributed by atoms with Gasteiger partial charge in [-0.15, -0.1) is 0 Å². The molecule has 1 aromatic heterocycles. The molecule has 0 aliphatic heterocycles. The highest BCUT2D eigenvalue weighted by Crippen LogP contribution is 2.15. The fourth-order valence-electron chi connectivity index (χ4n) is 1.36. The molecule has 2 N–H and O–H groups in total. The Morgan fingerprint density at radius 2 is 1.94 bits per heavy atom. The number of anilines is 1. The molecule has 0 radical (unpaired) electrons. The Kier molecular flexibility index (Phi) is 2.82. The van der Waals surface area contributed by atoms with Crippen LogP contribution in [0.5, 0.6) is 0 Å². The maximum atomic E-state index is 13.4. The first-order valence-electron chi connectivity index (χ1n) is 4.80. The third-order valence-corrected chi connectivity index (χ3v) is 2.22. The van der Waals surface area contributed by atoms with Gasteiger partial charge in [-0.25, -0.2) is 8.78 Å². The zero-order chi connectivity index (χ0) is 12.4. The molecule has 0 bridgehead atoms. The summed E-state index contributed by atoms with van der Waals surface area (Å²) >= 11 is 0. The summed E-state index contributed by atoms with van der Waals surface area (Å²) in [4.78, 5) is 15.6. The highest BCUT2D eigenvalue weighted by Gasteiger charge is 2.17. The second-order valence-electron chi connectivity index (χ2n) is 3.41. The first-order chi connectivity index (χ1) is 8.09. The number of hydrogen-bond acceptors (Lipinski definition) is 3. The summed E-state index contributed by atoms with van der Waals surface area (Å²) in [5.74, 6) is -2.91. The molecule has 0 saturated heterocycles. The lowest BCUT2D eigenvalue weighted by molar-refractivity contribution is 0.102. The molecule has 86 valence electrons. The van der Waals surface area contributed by atoms with Gasteiger partial charge in [0.15, 0.2) is 11.6 Å². The molecule has 0 aliphatic rings. The third kappa shape index (κ3) is 2.13. The second kappa shape index (κ2) is 4.29. The van der Waals surface area contributed by atoms with Gasteiger partial charge in [-0.3, -0.25) is 9.78 Å². The summed E-state index contributed by atoms with van der Waals surface area (Å²) in [5, 5.41) is 0. The number of ketones is 1. The third-order valence-electron chi connectivity index (χ3n) is 2.22. The maximum absolute atomic E-state index is 13.4. The second-order valence-corrected chi connectivity index (χ2v) is 3.41. The molecule has 0 aliphatic carbocycles. The highest BCUT2D eigenvalue weighted by molar-refractivity contribution is 6.07. The normalized spacial score (nSPS) is 10.2. The number of nitrogen functional groups attached to an aromatic ring is 1. The first-order valence-corrected chi connectivity index (χ1v) is 4.80. The van der Waals surface area contributed by atoms with Gasteiger partial charge < -0.3 is 5.73 Å². The first kappa shape index (κ1) is 11.2. The minimum atomic E-state index is -1.17.